The fraction of sp³-hybridized carbons (Fsp3) is 0.478. The van der Waals surface area contributed by atoms with Gasteiger partial charge < -0.3 is 46.6 Å². The number of imide groups is 1. The summed E-state index contributed by atoms with van der Waals surface area (Å²) in [4.78, 5) is 134. The van der Waals surface area contributed by atoms with Crippen LogP contribution >= 0.6 is 11.8 Å². The van der Waals surface area contributed by atoms with Crippen LogP contribution in [-0.2, 0) is 70.3 Å². The maximum absolute atomic E-state index is 14.2. The minimum atomic E-state index is -1.68. The summed E-state index contributed by atoms with van der Waals surface area (Å²) < 4.78 is 10.5. The molecule has 0 bridgehead atoms. The number of H-pyrrole nitrogens is 1. The maximum atomic E-state index is 14.2. The predicted octanol–water partition coefficient (Wildman–Crippen LogP) is 1.57. The first-order chi connectivity index (χ1) is 32.0. The van der Waals surface area contributed by atoms with Gasteiger partial charge in [-0.05, 0) is 23.6 Å². The summed E-state index contributed by atoms with van der Waals surface area (Å²) in [5, 5.41) is 19.8. The van der Waals surface area contributed by atoms with Crippen LogP contribution in [-0.4, -0.2) is 129 Å². The van der Waals surface area contributed by atoms with Gasteiger partial charge in [0.05, 0.1) is 11.7 Å². The number of thioether (sulfide) groups is 1. The van der Waals surface area contributed by atoms with Gasteiger partial charge in [-0.3, -0.25) is 52.8 Å². The van der Waals surface area contributed by atoms with Crippen molar-refractivity contribution in [1.82, 2.24) is 31.2 Å². The Hall–Kier alpha value is -6.77. The lowest BCUT2D eigenvalue weighted by Crippen LogP contribution is -2.58. The number of unbranched alkanes of at least 4 members (excludes halogenated alkanes) is 1. The van der Waals surface area contributed by atoms with Gasteiger partial charge in [0.2, 0.25) is 41.4 Å². The number of carbonyl (C=O) groups excluding carboxylic acids is 9. The number of carboxylic acid groups (broad SMARTS) is 1. The third-order valence-electron chi connectivity index (χ3n) is 10.7. The molecule has 1 fully saturated rings. The highest BCUT2D eigenvalue weighted by Crippen LogP contribution is 2.27. The molecule has 67 heavy (non-hydrogen) atoms. The van der Waals surface area contributed by atoms with Gasteiger partial charge in [-0.25, -0.2) is 0 Å². The van der Waals surface area contributed by atoms with E-state index in [1.54, 1.807) is 56.4 Å². The maximum Gasteiger partial charge on any atom is 0.305 e. The number of amides is 7. The molecule has 0 spiro atoms. The average Bonchev–Trinajstić information content (AvgIpc) is 3.84. The number of fused-ring (bicyclic) bond motifs is 1. The Morgan fingerprint density at radius 3 is 2.13 bits per heavy atom. The fourth-order valence-corrected chi connectivity index (χ4v) is 8.22. The molecule has 1 aliphatic heterocycles. The summed E-state index contributed by atoms with van der Waals surface area (Å²) in [5.41, 5.74) is 7.62. The van der Waals surface area contributed by atoms with Crippen LogP contribution in [0.4, 0.5) is 0 Å². The Morgan fingerprint density at radius 1 is 0.821 bits per heavy atom. The molecular weight excluding hydrogens is 891 g/mol. The number of carbonyl (C=O) groups is 10. The quantitative estimate of drug-likeness (QED) is 0.0402. The molecule has 0 saturated carbocycles. The molecule has 2 aromatic carbocycles. The zero-order chi connectivity index (χ0) is 49.0. The molecule has 7 amide bonds. The smallest absolute Gasteiger partial charge is 0.305 e. The number of aromatic amines is 1. The second-order valence-electron chi connectivity index (χ2n) is 15.9. The van der Waals surface area contributed by atoms with Gasteiger partial charge in [-0.1, -0.05) is 82.1 Å². The van der Waals surface area contributed by atoms with Crippen molar-refractivity contribution in [1.29, 1.82) is 0 Å². The standard InChI is InChI=1S/C46H59N7O13S/c1-4-7-16-32(43(61)52-35(22-39(56)57)45(63)51-33(42(47)60)20-27-13-9-8-10-14-27)50-44(62)34(21-28-24-48-31-17-12-11-15-30(28)31)49-37(54)18-19-53-38(55)23-36(46(53)64)67-26-29(66-41(59)6-3)25-65-40(58)5-2/h8-15,17,24,29,32-36,48H,4-7,16,18-23,25-26H2,1-3H3,(H2,47,60)(H,49,54)(H,50,62)(H,51,63)(H,52,61)(H,56,57)/t29?,32-,33-,34-,35-,36?/m0/s1. The number of primary amides is 1. The van der Waals surface area contributed by atoms with Gasteiger partial charge in [0.25, 0.3) is 0 Å². The zero-order valence-electron chi connectivity index (χ0n) is 37.7. The van der Waals surface area contributed by atoms with Gasteiger partial charge in [0, 0.05) is 67.9 Å². The van der Waals surface area contributed by atoms with E-state index in [-0.39, 0.29) is 57.4 Å². The third kappa shape index (κ3) is 16.6. The molecule has 362 valence electrons. The minimum Gasteiger partial charge on any atom is -0.481 e. The molecule has 1 aromatic heterocycles. The van der Waals surface area contributed by atoms with Gasteiger partial charge in [-0.15, -0.1) is 11.8 Å². The summed E-state index contributed by atoms with van der Waals surface area (Å²) in [6.45, 7) is 4.51. The van der Waals surface area contributed by atoms with Crippen LogP contribution in [0.2, 0.25) is 0 Å². The molecule has 2 unspecified atom stereocenters. The number of hydrogen-bond acceptors (Lipinski definition) is 13. The Bertz CT molecular complexity index is 2250. The van der Waals surface area contributed by atoms with Crippen molar-refractivity contribution >= 4 is 81.9 Å². The number of carboxylic acids is 1. The molecule has 3 aromatic rings. The lowest BCUT2D eigenvalue weighted by Gasteiger charge is -2.26. The number of nitrogens with one attached hydrogen (secondary N) is 5. The number of benzene rings is 2. The summed E-state index contributed by atoms with van der Waals surface area (Å²) in [6, 6.07) is 10.4. The van der Waals surface area contributed by atoms with E-state index in [2.05, 4.69) is 26.3 Å². The molecule has 0 radical (unpaired) electrons. The third-order valence-corrected chi connectivity index (χ3v) is 12.1. The number of likely N-dealkylation sites (tertiary alicyclic amines) is 1. The van der Waals surface area contributed by atoms with Crippen molar-refractivity contribution in [3.05, 3.63) is 71.9 Å². The summed E-state index contributed by atoms with van der Waals surface area (Å²) in [5.74, 6) is -7.78. The highest BCUT2D eigenvalue weighted by Gasteiger charge is 2.40. The average molecular weight is 950 g/mol. The number of aromatic nitrogens is 1. The largest absolute Gasteiger partial charge is 0.481 e. The van der Waals surface area contributed by atoms with Crippen molar-refractivity contribution in [2.45, 2.75) is 121 Å². The van der Waals surface area contributed by atoms with Crippen LogP contribution in [0.3, 0.4) is 0 Å². The first-order valence-corrected chi connectivity index (χ1v) is 23.2. The summed E-state index contributed by atoms with van der Waals surface area (Å²) >= 11 is 1.06. The van der Waals surface area contributed by atoms with Gasteiger partial charge in [0.1, 0.15) is 36.9 Å². The first kappa shape index (κ1) is 52.9. The number of rotatable bonds is 28. The van der Waals surface area contributed by atoms with Gasteiger partial charge >= 0.3 is 17.9 Å². The lowest BCUT2D eigenvalue weighted by molar-refractivity contribution is -0.157. The number of aliphatic carboxylic acids is 1. The molecule has 2 heterocycles. The van der Waals surface area contributed by atoms with Crippen molar-refractivity contribution in [2.75, 3.05) is 18.9 Å². The molecule has 1 aliphatic rings. The van der Waals surface area contributed by atoms with Crippen molar-refractivity contribution in [3.8, 4) is 0 Å². The van der Waals surface area contributed by atoms with Crippen LogP contribution in [0, 0.1) is 0 Å². The second kappa shape index (κ2) is 26.4. The summed E-state index contributed by atoms with van der Waals surface area (Å²) in [7, 11) is 0. The van der Waals surface area contributed by atoms with E-state index in [0.29, 0.717) is 24.0 Å². The monoisotopic (exact) mass is 949 g/mol. The lowest BCUT2D eigenvalue weighted by atomic mass is 10.0. The Labute approximate surface area is 391 Å². The molecule has 21 heteroatoms. The van der Waals surface area contributed by atoms with Gasteiger partial charge in [0.15, 0.2) is 0 Å². The van der Waals surface area contributed by atoms with E-state index in [1.807, 2.05) is 25.1 Å². The first-order valence-electron chi connectivity index (χ1n) is 22.1. The molecule has 6 atom stereocenters. The van der Waals surface area contributed by atoms with E-state index in [9.17, 15) is 53.1 Å². The van der Waals surface area contributed by atoms with Crippen molar-refractivity contribution in [2.24, 2.45) is 5.73 Å². The van der Waals surface area contributed by atoms with E-state index < -0.39 is 108 Å². The van der Waals surface area contributed by atoms with E-state index in [4.69, 9.17) is 15.2 Å². The summed E-state index contributed by atoms with van der Waals surface area (Å²) in [6.07, 6.45) is 0.552. The Balaban J connectivity index is 1.47. The van der Waals surface area contributed by atoms with Crippen LogP contribution < -0.4 is 27.0 Å². The predicted molar refractivity (Wildman–Crippen MR) is 244 cm³/mol. The van der Waals surface area contributed by atoms with Crippen molar-refractivity contribution < 1.29 is 62.5 Å². The van der Waals surface area contributed by atoms with Crippen LogP contribution in [0.15, 0.2) is 60.8 Å². The molecule has 0 aliphatic carbocycles. The van der Waals surface area contributed by atoms with Gasteiger partial charge in [-0.2, -0.15) is 0 Å². The fourth-order valence-electron chi connectivity index (χ4n) is 7.07. The molecule has 1 saturated heterocycles. The van der Waals surface area contributed by atoms with E-state index >= 15 is 0 Å². The highest BCUT2D eigenvalue weighted by atomic mass is 32.2. The molecule has 20 nitrogen and oxygen atoms in total. The number of nitrogens with zero attached hydrogens (tertiary/aromatic N) is 1. The number of para-hydroxylation sites is 1. The zero-order valence-corrected chi connectivity index (χ0v) is 38.5. The number of ether oxygens (including phenoxy) is 2. The highest BCUT2D eigenvalue weighted by molar-refractivity contribution is 8.00. The topological polar surface area (TPSA) is 303 Å². The molecule has 8 N–H and O–H groups in total. The van der Waals surface area contributed by atoms with E-state index in [0.717, 1.165) is 27.6 Å². The molecular formula is C46H59N7O13S. The minimum absolute atomic E-state index is 0.00163. The second-order valence-corrected chi connectivity index (χ2v) is 17.1. The Kier molecular flexibility index (Phi) is 20.8. The number of hydrogen-bond donors (Lipinski definition) is 7. The number of nitrogens with two attached hydrogens (primary N) is 1. The normalized spacial score (nSPS) is 15.7. The van der Waals surface area contributed by atoms with Crippen molar-refractivity contribution in [3.63, 3.8) is 0 Å². The molecule has 4 rings (SSSR count). The SMILES string of the molecule is CCCC[C@H](NC(=O)[C@H](Cc1c[nH]c2ccccc12)NC(=O)CCN1C(=O)CC(SCC(COC(=O)CC)OC(=O)CC)C1=O)C(=O)N[C@@H](CC(=O)O)C(=O)N[C@@H](Cc1ccccc1)C(N)=O. The van der Waals surface area contributed by atoms with Crippen LogP contribution in [0.25, 0.3) is 10.9 Å². The Morgan fingerprint density at radius 2 is 1.46 bits per heavy atom. The van der Waals surface area contributed by atoms with Crippen LogP contribution in [0.1, 0.15) is 83.3 Å². The van der Waals surface area contributed by atoms with E-state index in [1.165, 1.54) is 0 Å². The van der Waals surface area contributed by atoms with Crippen LogP contribution in [0.5, 0.6) is 0 Å². The number of esters is 2.